The fourth-order valence-corrected chi connectivity index (χ4v) is 4.01. The Labute approximate surface area is 152 Å². The molecular weight excluding hydrogens is 332 g/mol. The Morgan fingerprint density at radius 3 is 2.80 bits per heavy atom. The molecule has 3 rings (SSSR count). The van der Waals surface area contributed by atoms with Crippen molar-refractivity contribution in [3.8, 4) is 0 Å². The van der Waals surface area contributed by atoms with E-state index in [2.05, 4.69) is 34.5 Å². The van der Waals surface area contributed by atoms with Gasteiger partial charge in [0.05, 0.1) is 10.4 Å². The highest BCUT2D eigenvalue weighted by Crippen LogP contribution is 2.17. The first-order valence-corrected chi connectivity index (χ1v) is 9.66. The van der Waals surface area contributed by atoms with Gasteiger partial charge in [-0.2, -0.15) is 0 Å². The van der Waals surface area contributed by atoms with E-state index in [4.69, 9.17) is 0 Å². The smallest absolute Gasteiger partial charge is 0.252 e. The van der Waals surface area contributed by atoms with E-state index in [0.717, 1.165) is 38.9 Å². The van der Waals surface area contributed by atoms with Crippen molar-refractivity contribution in [3.05, 3.63) is 57.8 Å². The van der Waals surface area contributed by atoms with Crippen LogP contribution in [0.2, 0.25) is 0 Å². The van der Waals surface area contributed by atoms with Gasteiger partial charge in [0.1, 0.15) is 0 Å². The van der Waals surface area contributed by atoms with Crippen LogP contribution >= 0.6 is 11.3 Å². The second kappa shape index (κ2) is 8.41. The summed E-state index contributed by atoms with van der Waals surface area (Å²) in [6.07, 6.45) is 3.15. The molecule has 1 N–H and O–H groups in total. The van der Waals surface area contributed by atoms with Crippen molar-refractivity contribution in [1.82, 2.24) is 10.2 Å². The van der Waals surface area contributed by atoms with Gasteiger partial charge in [0.25, 0.3) is 5.91 Å². The maximum atomic E-state index is 12.4. The summed E-state index contributed by atoms with van der Waals surface area (Å²) in [5.74, 6) is -0.0625. The average Bonchev–Trinajstić information content (AvgIpc) is 3.12. The molecule has 1 amide bonds. The number of benzene rings is 1. The Balaban J connectivity index is 1.50. The number of rotatable bonds is 6. The second-order valence-electron chi connectivity index (χ2n) is 6.60. The highest BCUT2D eigenvalue weighted by atomic mass is 32.1. The van der Waals surface area contributed by atoms with E-state index in [0.29, 0.717) is 10.4 Å². The molecule has 0 saturated carbocycles. The van der Waals surface area contributed by atoms with Crippen LogP contribution in [0, 0.1) is 0 Å². The number of nitrogens with zero attached hydrogens (tertiary/aromatic N) is 1. The summed E-state index contributed by atoms with van der Waals surface area (Å²) in [6, 6.07) is 12.4. The molecule has 0 radical (unpaired) electrons. The Kier molecular flexibility index (Phi) is 6.00. The minimum absolute atomic E-state index is 0.00815. The van der Waals surface area contributed by atoms with Crippen molar-refractivity contribution in [2.75, 3.05) is 19.6 Å². The summed E-state index contributed by atoms with van der Waals surface area (Å²) in [7, 11) is 0. The zero-order valence-electron chi connectivity index (χ0n) is 14.5. The van der Waals surface area contributed by atoms with Gasteiger partial charge in [-0.3, -0.25) is 9.59 Å². The minimum atomic E-state index is -0.0707. The number of hydrogen-bond donors (Lipinski definition) is 1. The second-order valence-corrected chi connectivity index (χ2v) is 7.52. The molecule has 25 heavy (non-hydrogen) atoms. The number of nitrogens with one attached hydrogen (secondary N) is 1. The number of hydrogen-bond acceptors (Lipinski definition) is 4. The van der Waals surface area contributed by atoms with Crippen molar-refractivity contribution in [3.63, 3.8) is 0 Å². The maximum absolute atomic E-state index is 12.4. The normalized spacial score (nSPS) is 18.0. The predicted molar refractivity (Wildman–Crippen MR) is 101 cm³/mol. The van der Waals surface area contributed by atoms with E-state index in [1.54, 1.807) is 11.4 Å². The molecule has 4 nitrogen and oxygen atoms in total. The molecule has 1 aliphatic rings. The monoisotopic (exact) mass is 356 g/mol. The van der Waals surface area contributed by atoms with Crippen LogP contribution in [0.1, 0.15) is 45.4 Å². The van der Waals surface area contributed by atoms with Gasteiger partial charge in [-0.15, -0.1) is 11.3 Å². The van der Waals surface area contributed by atoms with Crippen LogP contribution in [-0.2, 0) is 6.42 Å². The average molecular weight is 356 g/mol. The SMILES string of the molecule is CC(=O)c1cc(C(=O)NC2CCCN(CCc3ccccc3)C2)cs1. The minimum Gasteiger partial charge on any atom is -0.348 e. The van der Waals surface area contributed by atoms with Gasteiger partial charge in [0, 0.05) is 24.5 Å². The van der Waals surface area contributed by atoms with Gasteiger partial charge >= 0.3 is 0 Å². The van der Waals surface area contributed by atoms with E-state index < -0.39 is 0 Å². The third-order valence-electron chi connectivity index (χ3n) is 4.61. The van der Waals surface area contributed by atoms with Crippen molar-refractivity contribution < 1.29 is 9.59 Å². The molecule has 1 atom stereocenters. The number of thiophene rings is 1. The van der Waals surface area contributed by atoms with Crippen LogP contribution in [0.4, 0.5) is 0 Å². The van der Waals surface area contributed by atoms with Crippen LogP contribution in [0.3, 0.4) is 0 Å². The zero-order chi connectivity index (χ0) is 17.6. The predicted octanol–water partition coefficient (Wildman–Crippen LogP) is 3.39. The first kappa shape index (κ1) is 17.8. The number of amides is 1. The molecular formula is C20H24N2O2S. The Morgan fingerprint density at radius 1 is 1.28 bits per heavy atom. The standard InChI is InChI=1S/C20H24N2O2S/c1-15(23)19-12-17(14-25-19)20(24)21-18-8-5-10-22(13-18)11-9-16-6-3-2-4-7-16/h2-4,6-7,12,14,18H,5,8-11,13H2,1H3,(H,21,24). The highest BCUT2D eigenvalue weighted by Gasteiger charge is 2.22. The summed E-state index contributed by atoms with van der Waals surface area (Å²) in [4.78, 5) is 26.8. The summed E-state index contributed by atoms with van der Waals surface area (Å²) < 4.78 is 0. The lowest BCUT2D eigenvalue weighted by Gasteiger charge is -2.33. The molecule has 0 bridgehead atoms. The maximum Gasteiger partial charge on any atom is 0.252 e. The molecule has 1 aromatic carbocycles. The van der Waals surface area contributed by atoms with Crippen molar-refractivity contribution >= 4 is 23.0 Å². The molecule has 1 saturated heterocycles. The number of carbonyl (C=O) groups is 2. The molecule has 2 aromatic rings. The first-order valence-electron chi connectivity index (χ1n) is 8.78. The van der Waals surface area contributed by atoms with E-state index in [-0.39, 0.29) is 17.7 Å². The lowest BCUT2D eigenvalue weighted by Crippen LogP contribution is -2.48. The van der Waals surface area contributed by atoms with Gasteiger partial charge in [-0.05, 0) is 44.4 Å². The Bertz CT molecular complexity index is 726. The molecule has 1 aromatic heterocycles. The van der Waals surface area contributed by atoms with Crippen LogP contribution in [0.15, 0.2) is 41.8 Å². The van der Waals surface area contributed by atoms with Crippen molar-refractivity contribution in [2.24, 2.45) is 0 Å². The van der Waals surface area contributed by atoms with Gasteiger partial charge < -0.3 is 10.2 Å². The largest absolute Gasteiger partial charge is 0.348 e. The van der Waals surface area contributed by atoms with Gasteiger partial charge in [-0.25, -0.2) is 0 Å². The Morgan fingerprint density at radius 2 is 2.08 bits per heavy atom. The summed E-state index contributed by atoms with van der Waals surface area (Å²) in [6.45, 7) is 4.52. The summed E-state index contributed by atoms with van der Waals surface area (Å²) in [5, 5.41) is 4.90. The molecule has 0 aliphatic carbocycles. The number of likely N-dealkylation sites (tertiary alicyclic amines) is 1. The van der Waals surface area contributed by atoms with E-state index in [1.807, 2.05) is 6.07 Å². The lowest BCUT2D eigenvalue weighted by atomic mass is 10.0. The molecule has 132 valence electrons. The van der Waals surface area contributed by atoms with Crippen molar-refractivity contribution in [1.29, 1.82) is 0 Å². The van der Waals surface area contributed by atoms with Crippen LogP contribution < -0.4 is 5.32 Å². The van der Waals surface area contributed by atoms with E-state index in [9.17, 15) is 9.59 Å². The van der Waals surface area contributed by atoms with Crippen LogP contribution in [-0.4, -0.2) is 42.3 Å². The summed E-state index contributed by atoms with van der Waals surface area (Å²) in [5.41, 5.74) is 1.94. The lowest BCUT2D eigenvalue weighted by molar-refractivity contribution is 0.0904. The van der Waals surface area contributed by atoms with Crippen LogP contribution in [0.5, 0.6) is 0 Å². The van der Waals surface area contributed by atoms with E-state index in [1.165, 1.54) is 23.8 Å². The molecule has 5 heteroatoms. The fraction of sp³-hybridized carbons (Fsp3) is 0.400. The first-order chi connectivity index (χ1) is 12.1. The molecule has 1 unspecified atom stereocenters. The Hall–Kier alpha value is -1.98. The number of carbonyl (C=O) groups excluding carboxylic acids is 2. The molecule has 1 fully saturated rings. The quantitative estimate of drug-likeness (QED) is 0.807. The van der Waals surface area contributed by atoms with Gasteiger partial charge in [0.2, 0.25) is 0 Å². The molecule has 1 aliphatic heterocycles. The van der Waals surface area contributed by atoms with Crippen LogP contribution in [0.25, 0.3) is 0 Å². The molecule has 0 spiro atoms. The molecule has 2 heterocycles. The third kappa shape index (κ3) is 5.00. The zero-order valence-corrected chi connectivity index (χ0v) is 15.3. The summed E-state index contributed by atoms with van der Waals surface area (Å²) >= 11 is 1.33. The van der Waals surface area contributed by atoms with Gasteiger partial charge in [-0.1, -0.05) is 30.3 Å². The number of piperidine rings is 1. The highest BCUT2D eigenvalue weighted by molar-refractivity contribution is 7.12. The number of ketones is 1. The fourth-order valence-electron chi connectivity index (χ4n) is 3.22. The number of Topliss-reactive ketones (excluding diaryl/α,β-unsaturated/α-hetero) is 1. The third-order valence-corrected chi connectivity index (χ3v) is 5.64. The van der Waals surface area contributed by atoms with E-state index >= 15 is 0 Å². The van der Waals surface area contributed by atoms with Gasteiger partial charge in [0.15, 0.2) is 5.78 Å². The topological polar surface area (TPSA) is 49.4 Å². The van der Waals surface area contributed by atoms with Crippen molar-refractivity contribution in [2.45, 2.75) is 32.2 Å².